The van der Waals surface area contributed by atoms with Gasteiger partial charge in [0.05, 0.1) is 11.4 Å². The van der Waals surface area contributed by atoms with Crippen LogP contribution in [0.4, 0.5) is 16.3 Å². The highest BCUT2D eigenvalue weighted by molar-refractivity contribution is 5.62. The van der Waals surface area contributed by atoms with Gasteiger partial charge in [-0.2, -0.15) is 0 Å². The molecule has 0 spiro atoms. The second-order valence-corrected chi connectivity index (χ2v) is 7.54. The molecule has 0 atom stereocenters. The molecule has 0 saturated heterocycles. The van der Waals surface area contributed by atoms with Crippen LogP contribution < -0.4 is 11.1 Å². The zero-order valence-corrected chi connectivity index (χ0v) is 15.9. The van der Waals surface area contributed by atoms with Crippen molar-refractivity contribution in [2.45, 2.75) is 32.1 Å². The Morgan fingerprint density at radius 3 is 2.61 bits per heavy atom. The number of nitrogen functional groups attached to an aromatic ring is 1. The van der Waals surface area contributed by atoms with E-state index in [2.05, 4.69) is 37.2 Å². The smallest absolute Gasteiger partial charge is 0.222 e. The molecule has 0 unspecified atom stereocenters. The van der Waals surface area contributed by atoms with Crippen LogP contribution in [0.15, 0.2) is 36.9 Å². The summed E-state index contributed by atoms with van der Waals surface area (Å²) < 4.78 is 14.3. The van der Waals surface area contributed by atoms with Gasteiger partial charge in [-0.15, -0.1) is 0 Å². The average molecular weight is 379 g/mol. The van der Waals surface area contributed by atoms with Crippen LogP contribution in [-0.2, 0) is 5.41 Å². The summed E-state index contributed by atoms with van der Waals surface area (Å²) in [4.78, 5) is 21.3. The first kappa shape index (κ1) is 18.2. The maximum Gasteiger partial charge on any atom is 0.222 e. The lowest BCUT2D eigenvalue weighted by Gasteiger charge is -2.46. The van der Waals surface area contributed by atoms with Crippen LogP contribution in [-0.4, -0.2) is 31.5 Å². The number of nitrogens with zero attached hydrogens (tertiary/aromatic N) is 5. The monoisotopic (exact) mass is 379 g/mol. The van der Waals surface area contributed by atoms with Gasteiger partial charge in [-0.05, 0) is 43.4 Å². The van der Waals surface area contributed by atoms with E-state index in [1.807, 2.05) is 6.92 Å². The number of aromatic nitrogens is 5. The molecule has 3 heterocycles. The third-order valence-corrected chi connectivity index (χ3v) is 5.24. The van der Waals surface area contributed by atoms with E-state index >= 15 is 0 Å². The highest BCUT2D eigenvalue weighted by Crippen LogP contribution is 2.47. The number of halogens is 1. The molecule has 1 aliphatic rings. The molecule has 8 heteroatoms. The molecule has 0 aliphatic heterocycles. The molecule has 1 saturated carbocycles. The molecule has 3 N–H and O–H groups in total. The molecule has 3 aromatic rings. The van der Waals surface area contributed by atoms with E-state index in [0.717, 1.165) is 24.0 Å². The molecule has 0 amide bonds. The SMILES string of the molecule is Cc1cnc(N)nc1-c1cnc(NC[C@]2(c3ncccc3F)C[C@H](C)C2)nc1. The zero-order chi connectivity index (χ0) is 19.7. The Morgan fingerprint density at radius 1 is 1.18 bits per heavy atom. The summed E-state index contributed by atoms with van der Waals surface area (Å²) >= 11 is 0. The van der Waals surface area contributed by atoms with Crippen LogP contribution in [0.3, 0.4) is 0 Å². The van der Waals surface area contributed by atoms with Crippen LogP contribution in [0.1, 0.15) is 31.0 Å². The third-order valence-electron chi connectivity index (χ3n) is 5.24. The number of rotatable bonds is 5. The molecular weight excluding hydrogens is 357 g/mol. The van der Waals surface area contributed by atoms with Crippen molar-refractivity contribution in [2.24, 2.45) is 5.92 Å². The second kappa shape index (κ2) is 7.10. The Morgan fingerprint density at radius 2 is 1.93 bits per heavy atom. The van der Waals surface area contributed by atoms with E-state index in [0.29, 0.717) is 29.8 Å². The second-order valence-electron chi connectivity index (χ2n) is 7.54. The summed E-state index contributed by atoms with van der Waals surface area (Å²) in [6.45, 7) is 4.61. The quantitative estimate of drug-likeness (QED) is 0.702. The van der Waals surface area contributed by atoms with Crippen molar-refractivity contribution in [3.8, 4) is 11.3 Å². The van der Waals surface area contributed by atoms with Gasteiger partial charge in [0, 0.05) is 42.3 Å². The fourth-order valence-electron chi connectivity index (χ4n) is 4.01. The third kappa shape index (κ3) is 3.37. The Balaban J connectivity index is 1.52. The van der Waals surface area contributed by atoms with Gasteiger partial charge in [-0.3, -0.25) is 4.98 Å². The zero-order valence-electron chi connectivity index (χ0n) is 15.9. The maximum absolute atomic E-state index is 14.3. The number of nitrogens with two attached hydrogens (primary N) is 1. The summed E-state index contributed by atoms with van der Waals surface area (Å²) in [6.07, 6.45) is 8.47. The topological polar surface area (TPSA) is 102 Å². The van der Waals surface area contributed by atoms with Crippen molar-refractivity contribution in [1.82, 2.24) is 24.9 Å². The Hall–Kier alpha value is -3.16. The van der Waals surface area contributed by atoms with E-state index in [-0.39, 0.29) is 17.2 Å². The van der Waals surface area contributed by atoms with Crippen molar-refractivity contribution in [2.75, 3.05) is 17.6 Å². The first-order valence-electron chi connectivity index (χ1n) is 9.23. The van der Waals surface area contributed by atoms with Gasteiger partial charge >= 0.3 is 0 Å². The van der Waals surface area contributed by atoms with Crippen molar-refractivity contribution >= 4 is 11.9 Å². The van der Waals surface area contributed by atoms with Gasteiger partial charge < -0.3 is 11.1 Å². The molecular formula is C20H22FN7. The number of pyridine rings is 1. The van der Waals surface area contributed by atoms with E-state index in [1.165, 1.54) is 6.07 Å². The van der Waals surface area contributed by atoms with E-state index in [4.69, 9.17) is 5.73 Å². The van der Waals surface area contributed by atoms with Gasteiger partial charge in [-0.25, -0.2) is 24.3 Å². The van der Waals surface area contributed by atoms with Gasteiger partial charge in [0.25, 0.3) is 0 Å². The van der Waals surface area contributed by atoms with Crippen molar-refractivity contribution in [3.05, 3.63) is 54.0 Å². The van der Waals surface area contributed by atoms with Gasteiger partial charge in [0.2, 0.25) is 11.9 Å². The Kier molecular flexibility index (Phi) is 4.62. The van der Waals surface area contributed by atoms with Crippen molar-refractivity contribution in [3.63, 3.8) is 0 Å². The Bertz CT molecular complexity index is 984. The minimum atomic E-state index is -0.329. The van der Waals surface area contributed by atoms with Gasteiger partial charge in [0.1, 0.15) is 5.82 Å². The lowest BCUT2D eigenvalue weighted by atomic mass is 9.60. The van der Waals surface area contributed by atoms with Gasteiger partial charge in [-0.1, -0.05) is 6.92 Å². The first-order chi connectivity index (χ1) is 13.5. The van der Waals surface area contributed by atoms with Crippen LogP contribution in [0.5, 0.6) is 0 Å². The highest BCUT2D eigenvalue weighted by atomic mass is 19.1. The highest BCUT2D eigenvalue weighted by Gasteiger charge is 2.46. The number of anilines is 2. The minimum Gasteiger partial charge on any atom is -0.368 e. The summed E-state index contributed by atoms with van der Waals surface area (Å²) in [7, 11) is 0. The molecule has 7 nitrogen and oxygen atoms in total. The standard InChI is InChI=1S/C20H22FN7/c1-12-6-20(7-12,17-15(21)4-3-5-23-17)11-27-19-25-9-14(10-26-19)16-13(2)8-24-18(22)28-16/h3-5,8-10,12H,6-7,11H2,1-2H3,(H2,22,24,28)(H,25,26,27)/t12-,20-. The van der Waals surface area contributed by atoms with E-state index in [1.54, 1.807) is 30.9 Å². The predicted molar refractivity (Wildman–Crippen MR) is 105 cm³/mol. The lowest BCUT2D eigenvalue weighted by molar-refractivity contribution is 0.159. The summed E-state index contributed by atoms with van der Waals surface area (Å²) in [5.41, 5.74) is 8.23. The normalized spacial score (nSPS) is 21.2. The number of aryl methyl sites for hydroxylation is 1. The number of hydrogen-bond acceptors (Lipinski definition) is 7. The molecule has 4 rings (SSSR count). The van der Waals surface area contributed by atoms with Crippen LogP contribution in [0, 0.1) is 18.7 Å². The molecule has 0 radical (unpaired) electrons. The van der Waals surface area contributed by atoms with Gasteiger partial charge in [0.15, 0.2) is 0 Å². The first-order valence-corrected chi connectivity index (χ1v) is 9.23. The average Bonchev–Trinajstić information content (AvgIpc) is 2.67. The van der Waals surface area contributed by atoms with Crippen molar-refractivity contribution < 1.29 is 4.39 Å². The molecule has 3 aromatic heterocycles. The maximum atomic E-state index is 14.3. The fourth-order valence-corrected chi connectivity index (χ4v) is 4.01. The number of hydrogen-bond donors (Lipinski definition) is 2. The lowest BCUT2D eigenvalue weighted by Crippen LogP contribution is -2.47. The van der Waals surface area contributed by atoms with Crippen LogP contribution in [0.25, 0.3) is 11.3 Å². The van der Waals surface area contributed by atoms with E-state index in [9.17, 15) is 4.39 Å². The largest absolute Gasteiger partial charge is 0.368 e. The molecule has 144 valence electrons. The summed E-state index contributed by atoms with van der Waals surface area (Å²) in [6, 6.07) is 3.08. The number of nitrogens with one attached hydrogen (secondary N) is 1. The van der Waals surface area contributed by atoms with Crippen LogP contribution in [0.2, 0.25) is 0 Å². The summed E-state index contributed by atoms with van der Waals surface area (Å²) in [5, 5.41) is 3.25. The van der Waals surface area contributed by atoms with Crippen LogP contribution >= 0.6 is 0 Å². The minimum absolute atomic E-state index is 0.209. The van der Waals surface area contributed by atoms with E-state index < -0.39 is 0 Å². The Labute approximate surface area is 162 Å². The molecule has 28 heavy (non-hydrogen) atoms. The predicted octanol–water partition coefficient (Wildman–Crippen LogP) is 3.14. The molecule has 0 bridgehead atoms. The summed E-state index contributed by atoms with van der Waals surface area (Å²) in [5.74, 6) is 0.974. The molecule has 0 aromatic carbocycles. The fraction of sp³-hybridized carbons (Fsp3) is 0.350. The molecule has 1 aliphatic carbocycles. The van der Waals surface area contributed by atoms with Crippen molar-refractivity contribution in [1.29, 1.82) is 0 Å². The molecule has 1 fully saturated rings.